The number of hydrazone groups is 1. The average molecular weight is 463 g/mol. The minimum absolute atomic E-state index is 0.000212. The molecule has 0 radical (unpaired) electrons. The van der Waals surface area contributed by atoms with Gasteiger partial charge in [-0.1, -0.05) is 23.4 Å². The van der Waals surface area contributed by atoms with E-state index in [4.69, 9.17) is 10.5 Å². The number of para-hydroxylation sites is 1. The van der Waals surface area contributed by atoms with E-state index >= 15 is 0 Å². The Labute approximate surface area is 193 Å². The fourth-order valence-electron chi connectivity index (χ4n) is 3.12. The molecule has 0 bridgehead atoms. The van der Waals surface area contributed by atoms with Crippen LogP contribution in [0.3, 0.4) is 0 Å². The third-order valence-corrected chi connectivity index (χ3v) is 4.84. The summed E-state index contributed by atoms with van der Waals surface area (Å²) in [5.74, 6) is -0.209. The molecule has 13 heteroatoms. The van der Waals surface area contributed by atoms with Crippen LogP contribution in [0.1, 0.15) is 21.7 Å². The first-order chi connectivity index (χ1) is 16.5. The van der Waals surface area contributed by atoms with Crippen LogP contribution in [0.2, 0.25) is 0 Å². The topological polar surface area (TPSA) is 170 Å². The molecule has 2 aromatic carbocycles. The summed E-state index contributed by atoms with van der Waals surface area (Å²) in [6.07, 6.45) is 1.40. The quantitative estimate of drug-likeness (QED) is 0.256. The largest absolute Gasteiger partial charge is 0.504 e. The first-order valence-electron chi connectivity index (χ1n) is 9.97. The number of ether oxygens (including phenoxy) is 1. The van der Waals surface area contributed by atoms with Crippen LogP contribution in [0.4, 0.5) is 11.5 Å². The number of phenolic OH excluding ortho intramolecular Hbond substituents is 1. The number of nitrogen functional groups attached to an aromatic ring is 1. The number of phenols is 1. The van der Waals surface area contributed by atoms with Crippen molar-refractivity contribution in [2.45, 2.75) is 6.54 Å². The Hall–Kier alpha value is -4.94. The first kappa shape index (κ1) is 22.3. The van der Waals surface area contributed by atoms with Crippen molar-refractivity contribution in [3.05, 3.63) is 65.5 Å². The van der Waals surface area contributed by atoms with Crippen LogP contribution in [0.25, 0.3) is 5.82 Å². The summed E-state index contributed by atoms with van der Waals surface area (Å²) in [6.45, 7) is 0.241. The van der Waals surface area contributed by atoms with Gasteiger partial charge in [0.05, 0.1) is 25.6 Å². The third kappa shape index (κ3) is 4.62. The molecule has 2 aromatic heterocycles. The summed E-state index contributed by atoms with van der Waals surface area (Å²) < 4.78 is 11.0. The molecule has 2 heterocycles. The highest BCUT2D eigenvalue weighted by molar-refractivity contribution is 5.94. The van der Waals surface area contributed by atoms with Crippen LogP contribution in [0.15, 0.2) is 58.3 Å². The predicted octanol–water partition coefficient (Wildman–Crippen LogP) is 1.35. The van der Waals surface area contributed by atoms with E-state index in [9.17, 15) is 9.90 Å². The van der Waals surface area contributed by atoms with Crippen molar-refractivity contribution in [3.8, 4) is 17.3 Å². The third-order valence-electron chi connectivity index (χ3n) is 4.84. The van der Waals surface area contributed by atoms with Crippen molar-refractivity contribution >= 4 is 23.6 Å². The molecule has 4 N–H and O–H groups in total. The number of amides is 1. The Morgan fingerprint density at radius 3 is 2.79 bits per heavy atom. The van der Waals surface area contributed by atoms with Gasteiger partial charge in [0.15, 0.2) is 17.2 Å². The Balaban J connectivity index is 1.60. The second kappa shape index (κ2) is 9.68. The van der Waals surface area contributed by atoms with E-state index in [2.05, 4.69) is 35.8 Å². The van der Waals surface area contributed by atoms with Crippen molar-refractivity contribution in [1.29, 1.82) is 0 Å². The molecule has 34 heavy (non-hydrogen) atoms. The predicted molar refractivity (Wildman–Crippen MR) is 122 cm³/mol. The molecule has 0 aliphatic carbocycles. The lowest BCUT2D eigenvalue weighted by Crippen LogP contribution is -2.24. The van der Waals surface area contributed by atoms with Gasteiger partial charge in [-0.3, -0.25) is 4.79 Å². The molecule has 1 amide bonds. The van der Waals surface area contributed by atoms with Crippen molar-refractivity contribution < 1.29 is 19.3 Å². The zero-order valence-electron chi connectivity index (χ0n) is 18.3. The monoisotopic (exact) mass is 463 g/mol. The van der Waals surface area contributed by atoms with Crippen LogP contribution >= 0.6 is 0 Å². The molecular weight excluding hydrogens is 442 g/mol. The van der Waals surface area contributed by atoms with Gasteiger partial charge in [-0.25, -0.2) is 10.1 Å². The molecule has 0 fully saturated rings. The van der Waals surface area contributed by atoms with Crippen molar-refractivity contribution in [2.75, 3.05) is 24.8 Å². The number of hydrogen-bond acceptors (Lipinski definition) is 11. The van der Waals surface area contributed by atoms with Gasteiger partial charge in [-0.2, -0.15) is 9.78 Å². The maximum Gasteiger partial charge on any atom is 0.293 e. The molecule has 0 saturated heterocycles. The zero-order chi connectivity index (χ0) is 24.1. The molecule has 0 unspecified atom stereocenters. The van der Waals surface area contributed by atoms with Gasteiger partial charge < -0.3 is 20.5 Å². The van der Waals surface area contributed by atoms with E-state index in [1.807, 2.05) is 42.3 Å². The number of benzene rings is 2. The Morgan fingerprint density at radius 1 is 1.29 bits per heavy atom. The van der Waals surface area contributed by atoms with E-state index < -0.39 is 5.91 Å². The van der Waals surface area contributed by atoms with Gasteiger partial charge in [-0.15, -0.1) is 5.10 Å². The van der Waals surface area contributed by atoms with E-state index in [1.165, 1.54) is 24.1 Å². The van der Waals surface area contributed by atoms with Gasteiger partial charge >= 0.3 is 0 Å². The highest BCUT2D eigenvalue weighted by Crippen LogP contribution is 2.25. The summed E-state index contributed by atoms with van der Waals surface area (Å²) in [7, 11) is 3.29. The SMILES string of the molecule is COc1cc(C=NNC(=O)c2nnn(-c3nonc3N)c2CN(C)c2ccccc2)ccc1O. The fourth-order valence-corrected chi connectivity index (χ4v) is 3.12. The highest BCUT2D eigenvalue weighted by atomic mass is 16.6. The zero-order valence-corrected chi connectivity index (χ0v) is 18.3. The smallest absolute Gasteiger partial charge is 0.293 e. The van der Waals surface area contributed by atoms with Gasteiger partial charge in [0, 0.05) is 12.7 Å². The minimum atomic E-state index is -0.597. The lowest BCUT2D eigenvalue weighted by molar-refractivity contribution is 0.0949. The summed E-state index contributed by atoms with van der Waals surface area (Å²) in [5, 5.41) is 29.0. The number of nitrogens with zero attached hydrogens (tertiary/aromatic N) is 7. The second-order valence-electron chi connectivity index (χ2n) is 7.09. The number of nitrogens with one attached hydrogen (secondary N) is 1. The number of carbonyl (C=O) groups excluding carboxylic acids is 1. The number of aromatic nitrogens is 5. The van der Waals surface area contributed by atoms with Crippen molar-refractivity contribution in [1.82, 2.24) is 30.7 Å². The standard InChI is InChI=1S/C21H21N9O4/c1-29(14-6-4-3-5-7-14)12-15-18(24-28-30(15)20-19(22)26-34-27-20)21(32)25-23-11-13-8-9-16(31)17(10-13)33-2/h3-11,31H,12H2,1-2H3,(H2,22,26)(H,25,32). The first-order valence-corrected chi connectivity index (χ1v) is 9.97. The van der Waals surface area contributed by atoms with E-state index in [1.54, 1.807) is 12.1 Å². The average Bonchev–Trinajstić information content (AvgIpc) is 3.46. The van der Waals surface area contributed by atoms with E-state index in [0.717, 1.165) is 5.69 Å². The maximum atomic E-state index is 12.9. The summed E-state index contributed by atoms with van der Waals surface area (Å²) >= 11 is 0. The van der Waals surface area contributed by atoms with Crippen LogP contribution in [-0.2, 0) is 6.54 Å². The summed E-state index contributed by atoms with van der Waals surface area (Å²) in [6, 6.07) is 14.2. The molecule has 0 aliphatic heterocycles. The number of carbonyl (C=O) groups is 1. The molecular formula is C21H21N9O4. The molecule has 0 saturated carbocycles. The number of methoxy groups -OCH3 is 1. The number of nitrogens with two attached hydrogens (primary N) is 1. The normalized spacial score (nSPS) is 11.0. The Kier molecular flexibility index (Phi) is 6.34. The van der Waals surface area contributed by atoms with Gasteiger partial charge in [-0.05, 0) is 46.2 Å². The van der Waals surface area contributed by atoms with E-state index in [-0.39, 0.29) is 35.4 Å². The number of rotatable bonds is 8. The lowest BCUT2D eigenvalue weighted by Gasteiger charge is -2.19. The van der Waals surface area contributed by atoms with Gasteiger partial charge in [0.25, 0.3) is 5.91 Å². The molecule has 4 rings (SSSR count). The van der Waals surface area contributed by atoms with Crippen molar-refractivity contribution in [3.63, 3.8) is 0 Å². The maximum absolute atomic E-state index is 12.9. The molecule has 4 aromatic rings. The molecule has 174 valence electrons. The summed E-state index contributed by atoms with van der Waals surface area (Å²) in [5.41, 5.74) is 10.2. The van der Waals surface area contributed by atoms with Crippen LogP contribution in [0, 0.1) is 0 Å². The van der Waals surface area contributed by atoms with Crippen LogP contribution in [0.5, 0.6) is 11.5 Å². The Bertz CT molecular complexity index is 1320. The number of aromatic hydroxyl groups is 1. The fraction of sp³-hybridized carbons (Fsp3) is 0.143. The number of anilines is 2. The second-order valence-corrected chi connectivity index (χ2v) is 7.09. The van der Waals surface area contributed by atoms with Gasteiger partial charge in [0.2, 0.25) is 11.6 Å². The molecule has 0 atom stereocenters. The molecule has 0 spiro atoms. The van der Waals surface area contributed by atoms with Gasteiger partial charge in [0.1, 0.15) is 0 Å². The van der Waals surface area contributed by atoms with Crippen molar-refractivity contribution in [2.24, 2.45) is 5.10 Å². The van der Waals surface area contributed by atoms with Crippen LogP contribution < -0.4 is 20.8 Å². The van der Waals surface area contributed by atoms with E-state index in [0.29, 0.717) is 11.3 Å². The minimum Gasteiger partial charge on any atom is -0.504 e. The Morgan fingerprint density at radius 2 is 2.09 bits per heavy atom. The number of hydrogen-bond donors (Lipinski definition) is 3. The highest BCUT2D eigenvalue weighted by Gasteiger charge is 2.25. The van der Waals surface area contributed by atoms with Crippen LogP contribution in [-0.4, -0.2) is 56.7 Å². The molecule has 0 aliphatic rings. The summed E-state index contributed by atoms with van der Waals surface area (Å²) in [4.78, 5) is 14.8. The lowest BCUT2D eigenvalue weighted by atomic mass is 10.2. The molecule has 13 nitrogen and oxygen atoms in total.